The number of amides is 1. The molecule has 0 aliphatic carbocycles. The normalized spacial score (nSPS) is 15.6. The summed E-state index contributed by atoms with van der Waals surface area (Å²) < 4.78 is 32.6. The number of benzene rings is 2. The van der Waals surface area contributed by atoms with E-state index < -0.39 is 10.0 Å². The Kier molecular flexibility index (Phi) is 6.71. The smallest absolute Gasteiger partial charge is 0.246 e. The number of nitrogens with zero attached hydrogens (tertiary/aromatic N) is 2. The molecule has 2 aromatic carbocycles. The lowest BCUT2D eigenvalue weighted by Gasteiger charge is -2.33. The molecule has 154 valence electrons. The van der Waals surface area contributed by atoms with E-state index in [9.17, 15) is 13.2 Å². The molecule has 0 bridgehead atoms. The van der Waals surface area contributed by atoms with Crippen molar-refractivity contribution in [3.8, 4) is 5.75 Å². The number of hydrogen-bond donors (Lipinski definition) is 0. The van der Waals surface area contributed by atoms with Crippen molar-refractivity contribution in [1.82, 2.24) is 9.21 Å². The van der Waals surface area contributed by atoms with Crippen LogP contribution in [0.3, 0.4) is 0 Å². The van der Waals surface area contributed by atoms with Crippen molar-refractivity contribution in [1.29, 1.82) is 0 Å². The van der Waals surface area contributed by atoms with Crippen molar-refractivity contribution in [2.24, 2.45) is 0 Å². The van der Waals surface area contributed by atoms with Crippen molar-refractivity contribution in [3.05, 3.63) is 65.7 Å². The molecule has 0 unspecified atom stereocenters. The molecular formula is C22H26N2O4S. The molecule has 3 rings (SSSR count). The number of aryl methyl sites for hydroxylation is 1. The minimum Gasteiger partial charge on any atom is -0.493 e. The van der Waals surface area contributed by atoms with E-state index in [2.05, 4.69) is 0 Å². The van der Waals surface area contributed by atoms with E-state index in [4.69, 9.17) is 4.74 Å². The van der Waals surface area contributed by atoms with Gasteiger partial charge in [-0.3, -0.25) is 4.79 Å². The Hall–Kier alpha value is -2.64. The molecule has 1 aliphatic rings. The summed E-state index contributed by atoms with van der Waals surface area (Å²) in [4.78, 5) is 14.5. The average Bonchev–Trinajstić information content (AvgIpc) is 2.73. The second kappa shape index (κ2) is 9.24. The summed E-state index contributed by atoms with van der Waals surface area (Å²) in [6, 6.07) is 14.4. The molecule has 29 heavy (non-hydrogen) atoms. The number of ether oxygens (including phenoxy) is 1. The number of hydrogen-bond acceptors (Lipinski definition) is 4. The third-order valence-electron chi connectivity index (χ3n) is 4.83. The maximum absolute atomic E-state index is 12.8. The quantitative estimate of drug-likeness (QED) is 0.682. The van der Waals surface area contributed by atoms with Gasteiger partial charge in [0.1, 0.15) is 5.75 Å². The molecule has 0 aromatic heterocycles. The summed E-state index contributed by atoms with van der Waals surface area (Å²) >= 11 is 0. The van der Waals surface area contributed by atoms with Crippen molar-refractivity contribution in [2.75, 3.05) is 32.8 Å². The van der Waals surface area contributed by atoms with E-state index >= 15 is 0 Å². The second-order valence-electron chi connectivity index (χ2n) is 6.85. The number of para-hydroxylation sites is 1. The van der Waals surface area contributed by atoms with Gasteiger partial charge < -0.3 is 9.64 Å². The topological polar surface area (TPSA) is 66.9 Å². The summed E-state index contributed by atoms with van der Waals surface area (Å²) in [6.45, 7) is 5.67. The highest BCUT2D eigenvalue weighted by atomic mass is 32.2. The molecule has 2 aromatic rings. The minimum atomic E-state index is -3.53. The fourth-order valence-corrected chi connectivity index (χ4v) is 4.60. The Morgan fingerprint density at radius 1 is 1.03 bits per heavy atom. The number of carbonyl (C=O) groups excluding carboxylic acids is 1. The first kappa shape index (κ1) is 21.1. The van der Waals surface area contributed by atoms with Crippen LogP contribution in [0.4, 0.5) is 0 Å². The van der Waals surface area contributed by atoms with E-state index in [-0.39, 0.29) is 23.9 Å². The van der Waals surface area contributed by atoms with Gasteiger partial charge in [0, 0.05) is 37.8 Å². The summed E-state index contributed by atoms with van der Waals surface area (Å²) in [6.07, 6.45) is 3.25. The van der Waals surface area contributed by atoms with Crippen LogP contribution in [0.1, 0.15) is 18.1 Å². The van der Waals surface area contributed by atoms with Gasteiger partial charge in [0.15, 0.2) is 0 Å². The van der Waals surface area contributed by atoms with E-state index in [1.807, 2.05) is 38.1 Å². The second-order valence-corrected chi connectivity index (χ2v) is 8.78. The van der Waals surface area contributed by atoms with Crippen molar-refractivity contribution < 1.29 is 17.9 Å². The van der Waals surface area contributed by atoms with Crippen LogP contribution in [0, 0.1) is 6.92 Å². The third-order valence-corrected chi connectivity index (χ3v) is 6.75. The predicted octanol–water partition coefficient (Wildman–Crippen LogP) is 2.94. The van der Waals surface area contributed by atoms with Crippen molar-refractivity contribution in [2.45, 2.75) is 18.7 Å². The SMILES string of the molecule is CCOc1ccccc1/C=C/C(=O)N1CCN(S(=O)(=O)c2ccc(C)cc2)CC1. The van der Waals surface area contributed by atoms with Crippen LogP contribution in [-0.2, 0) is 14.8 Å². The molecule has 1 saturated heterocycles. The first-order valence-corrected chi connectivity index (χ1v) is 11.1. The maximum Gasteiger partial charge on any atom is 0.246 e. The van der Waals surface area contributed by atoms with Gasteiger partial charge in [0.05, 0.1) is 11.5 Å². The molecular weight excluding hydrogens is 388 g/mol. The van der Waals surface area contributed by atoms with Gasteiger partial charge in [-0.1, -0.05) is 35.9 Å². The first-order chi connectivity index (χ1) is 13.9. The number of carbonyl (C=O) groups is 1. The van der Waals surface area contributed by atoms with Crippen molar-refractivity contribution in [3.63, 3.8) is 0 Å². The van der Waals surface area contributed by atoms with Crippen LogP contribution >= 0.6 is 0 Å². The van der Waals surface area contributed by atoms with E-state index in [0.29, 0.717) is 19.7 Å². The predicted molar refractivity (Wildman–Crippen MR) is 113 cm³/mol. The molecule has 1 amide bonds. The molecule has 0 radical (unpaired) electrons. The monoisotopic (exact) mass is 414 g/mol. The zero-order valence-electron chi connectivity index (χ0n) is 16.7. The van der Waals surface area contributed by atoms with Gasteiger partial charge >= 0.3 is 0 Å². The van der Waals surface area contributed by atoms with Crippen molar-refractivity contribution >= 4 is 22.0 Å². The molecule has 1 heterocycles. The van der Waals surface area contributed by atoms with Gasteiger partial charge in [-0.2, -0.15) is 4.31 Å². The highest BCUT2D eigenvalue weighted by Gasteiger charge is 2.29. The Bertz CT molecular complexity index is 976. The van der Waals surface area contributed by atoms with Crippen LogP contribution in [0.25, 0.3) is 6.08 Å². The molecule has 1 fully saturated rings. The summed E-state index contributed by atoms with van der Waals surface area (Å²) in [5.74, 6) is 0.594. The van der Waals surface area contributed by atoms with Crippen LogP contribution in [0.15, 0.2) is 59.5 Å². The molecule has 6 nitrogen and oxygen atoms in total. The van der Waals surface area contributed by atoms with Gasteiger partial charge in [-0.15, -0.1) is 0 Å². The fourth-order valence-electron chi connectivity index (χ4n) is 3.18. The maximum atomic E-state index is 12.8. The van der Waals surface area contributed by atoms with Gasteiger partial charge in [0.25, 0.3) is 0 Å². The Balaban J connectivity index is 1.62. The standard InChI is InChI=1S/C22H26N2O4S/c1-3-28-21-7-5-4-6-19(21)10-13-22(25)23-14-16-24(17-15-23)29(26,27)20-11-8-18(2)9-12-20/h4-13H,3,14-17H2,1-2H3/b13-10+. The summed E-state index contributed by atoms with van der Waals surface area (Å²) in [5, 5.41) is 0. The zero-order valence-corrected chi connectivity index (χ0v) is 17.6. The highest BCUT2D eigenvalue weighted by molar-refractivity contribution is 7.89. The fraction of sp³-hybridized carbons (Fsp3) is 0.318. The lowest BCUT2D eigenvalue weighted by Crippen LogP contribution is -2.50. The summed E-state index contributed by atoms with van der Waals surface area (Å²) in [7, 11) is -3.53. The molecule has 0 saturated carbocycles. The van der Waals surface area contributed by atoms with Crippen LogP contribution in [0.5, 0.6) is 5.75 Å². The molecule has 0 N–H and O–H groups in total. The van der Waals surface area contributed by atoms with E-state index in [1.165, 1.54) is 10.4 Å². The number of rotatable bonds is 6. The Labute approximate surface area is 172 Å². The van der Waals surface area contributed by atoms with Crippen LogP contribution in [0.2, 0.25) is 0 Å². The molecule has 0 spiro atoms. The highest BCUT2D eigenvalue weighted by Crippen LogP contribution is 2.20. The van der Waals surface area contributed by atoms with Gasteiger partial charge in [-0.05, 0) is 38.1 Å². The lowest BCUT2D eigenvalue weighted by atomic mass is 10.2. The summed E-state index contributed by atoms with van der Waals surface area (Å²) in [5.41, 5.74) is 1.85. The largest absolute Gasteiger partial charge is 0.493 e. The lowest BCUT2D eigenvalue weighted by molar-refractivity contribution is -0.127. The average molecular weight is 415 g/mol. The first-order valence-electron chi connectivity index (χ1n) is 9.67. The van der Waals surface area contributed by atoms with E-state index in [0.717, 1.165) is 16.9 Å². The van der Waals surface area contributed by atoms with E-state index in [1.54, 1.807) is 35.2 Å². The number of sulfonamides is 1. The number of piperazine rings is 1. The molecule has 7 heteroatoms. The van der Waals surface area contributed by atoms with Crippen LogP contribution < -0.4 is 4.74 Å². The minimum absolute atomic E-state index is 0.135. The molecule has 1 aliphatic heterocycles. The zero-order chi connectivity index (χ0) is 20.9. The van der Waals surface area contributed by atoms with Gasteiger partial charge in [-0.25, -0.2) is 8.42 Å². The Morgan fingerprint density at radius 3 is 2.34 bits per heavy atom. The van der Waals surface area contributed by atoms with Crippen LogP contribution in [-0.4, -0.2) is 56.3 Å². The third kappa shape index (κ3) is 5.05. The Morgan fingerprint density at radius 2 is 1.69 bits per heavy atom. The van der Waals surface area contributed by atoms with Gasteiger partial charge in [0.2, 0.25) is 15.9 Å². The molecule has 0 atom stereocenters.